The third-order valence-corrected chi connectivity index (χ3v) is 5.21. The minimum absolute atomic E-state index is 0.123. The van der Waals surface area contributed by atoms with Gasteiger partial charge in [0.15, 0.2) is 6.61 Å². The van der Waals surface area contributed by atoms with Gasteiger partial charge in [0, 0.05) is 12.6 Å². The molecule has 1 saturated heterocycles. The van der Waals surface area contributed by atoms with E-state index in [9.17, 15) is 9.59 Å². The highest BCUT2D eigenvalue weighted by Gasteiger charge is 2.26. The van der Waals surface area contributed by atoms with Crippen LogP contribution in [0.3, 0.4) is 0 Å². The Hall–Kier alpha value is -2.63. The first-order valence-corrected chi connectivity index (χ1v) is 9.52. The van der Waals surface area contributed by atoms with Crippen LogP contribution in [0, 0.1) is 13.8 Å². The smallest absolute Gasteiger partial charge is 0.342 e. The molecule has 3 rings (SSSR count). The van der Waals surface area contributed by atoms with E-state index in [4.69, 9.17) is 4.74 Å². The Labute approximate surface area is 160 Å². The number of likely N-dealkylation sites (tertiary alicyclic amines) is 1. The fourth-order valence-corrected chi connectivity index (χ4v) is 3.65. The van der Waals surface area contributed by atoms with Crippen molar-refractivity contribution in [2.75, 3.05) is 13.2 Å². The number of carbonyl (C=O) groups is 2. The highest BCUT2D eigenvalue weighted by Crippen LogP contribution is 2.18. The summed E-state index contributed by atoms with van der Waals surface area (Å²) in [5, 5.41) is 4.48. The van der Waals surface area contributed by atoms with Gasteiger partial charge in [-0.1, -0.05) is 30.3 Å². The summed E-state index contributed by atoms with van der Waals surface area (Å²) < 4.78 is 7.13. The third kappa shape index (κ3) is 4.38. The Morgan fingerprint density at radius 1 is 1.19 bits per heavy atom. The second-order valence-electron chi connectivity index (χ2n) is 7.20. The van der Waals surface area contributed by atoms with Crippen LogP contribution in [0.1, 0.15) is 53.5 Å². The summed E-state index contributed by atoms with van der Waals surface area (Å²) in [6.45, 7) is 6.80. The van der Waals surface area contributed by atoms with Gasteiger partial charge in [0.2, 0.25) is 0 Å². The first-order chi connectivity index (χ1) is 13.0. The largest absolute Gasteiger partial charge is 0.452 e. The lowest BCUT2D eigenvalue weighted by Crippen LogP contribution is -2.44. The summed E-state index contributed by atoms with van der Waals surface area (Å²) >= 11 is 0. The van der Waals surface area contributed by atoms with Crippen molar-refractivity contribution < 1.29 is 14.3 Å². The van der Waals surface area contributed by atoms with Crippen molar-refractivity contribution in [3.8, 4) is 0 Å². The van der Waals surface area contributed by atoms with Gasteiger partial charge in [-0.15, -0.1) is 0 Å². The molecule has 6 nitrogen and oxygen atoms in total. The Kier molecular flexibility index (Phi) is 5.94. The summed E-state index contributed by atoms with van der Waals surface area (Å²) in [4.78, 5) is 26.8. The van der Waals surface area contributed by atoms with E-state index < -0.39 is 5.97 Å². The molecular formula is C21H27N3O3. The minimum atomic E-state index is -0.484. The number of aryl methyl sites for hydroxylation is 1. The molecule has 1 aromatic heterocycles. The number of aromatic nitrogens is 2. The van der Waals surface area contributed by atoms with Crippen molar-refractivity contribution in [1.29, 1.82) is 0 Å². The zero-order valence-electron chi connectivity index (χ0n) is 16.3. The van der Waals surface area contributed by atoms with Gasteiger partial charge in [-0.25, -0.2) is 4.79 Å². The number of rotatable bonds is 5. The van der Waals surface area contributed by atoms with Crippen LogP contribution in [-0.4, -0.2) is 45.8 Å². The zero-order chi connectivity index (χ0) is 19.4. The highest BCUT2D eigenvalue weighted by molar-refractivity contribution is 5.93. The van der Waals surface area contributed by atoms with Crippen molar-refractivity contribution in [3.63, 3.8) is 0 Å². The fraction of sp³-hybridized carbons (Fsp3) is 0.476. The van der Waals surface area contributed by atoms with E-state index in [1.165, 1.54) is 0 Å². The lowest BCUT2D eigenvalue weighted by Gasteiger charge is -2.33. The average Bonchev–Trinajstić information content (AvgIpc) is 2.94. The molecule has 1 unspecified atom stereocenters. The summed E-state index contributed by atoms with van der Waals surface area (Å²) in [5.41, 5.74) is 2.93. The van der Waals surface area contributed by atoms with Gasteiger partial charge in [0.1, 0.15) is 5.56 Å². The molecule has 0 N–H and O–H groups in total. The molecule has 1 aliphatic rings. The monoisotopic (exact) mass is 369 g/mol. The highest BCUT2D eigenvalue weighted by atomic mass is 16.5. The summed E-state index contributed by atoms with van der Waals surface area (Å²) in [7, 11) is 0. The topological polar surface area (TPSA) is 64.4 Å². The maximum atomic E-state index is 12.6. The van der Waals surface area contributed by atoms with Crippen LogP contribution < -0.4 is 0 Å². The van der Waals surface area contributed by atoms with E-state index in [0.29, 0.717) is 17.8 Å². The molecule has 0 bridgehead atoms. The van der Waals surface area contributed by atoms with E-state index in [-0.39, 0.29) is 18.6 Å². The molecule has 6 heteroatoms. The maximum absolute atomic E-state index is 12.6. The van der Waals surface area contributed by atoms with Gasteiger partial charge in [-0.3, -0.25) is 9.48 Å². The van der Waals surface area contributed by atoms with Gasteiger partial charge >= 0.3 is 5.97 Å². The molecule has 0 aliphatic carbocycles. The Bertz CT molecular complexity index is 814. The lowest BCUT2D eigenvalue weighted by atomic mass is 10.0. The van der Waals surface area contributed by atoms with Crippen molar-refractivity contribution in [2.45, 2.75) is 52.6 Å². The van der Waals surface area contributed by atoms with E-state index in [1.54, 1.807) is 11.6 Å². The van der Waals surface area contributed by atoms with Crippen LogP contribution in [-0.2, 0) is 16.1 Å². The van der Waals surface area contributed by atoms with Crippen LogP contribution in [0.4, 0.5) is 0 Å². The number of ether oxygens (including phenoxy) is 1. The number of esters is 1. The Morgan fingerprint density at radius 2 is 1.93 bits per heavy atom. The molecule has 1 amide bonds. The normalized spacial score (nSPS) is 17.0. The molecule has 1 aromatic carbocycles. The predicted octanol–water partition coefficient (Wildman–Crippen LogP) is 3.11. The standard InChI is InChI=1S/C21H27N3O3/c1-15-9-7-8-12-23(15)19(25)14-27-21(26)20-16(2)22-24(17(20)3)13-18-10-5-4-6-11-18/h4-6,10-11,15H,7-9,12-14H2,1-3H3. The number of hydrogen-bond donors (Lipinski definition) is 0. The predicted molar refractivity (Wildman–Crippen MR) is 103 cm³/mol. The molecule has 0 saturated carbocycles. The molecule has 2 aromatic rings. The number of hydrogen-bond acceptors (Lipinski definition) is 4. The average molecular weight is 369 g/mol. The van der Waals surface area contributed by atoms with Crippen LogP contribution >= 0.6 is 0 Å². The van der Waals surface area contributed by atoms with E-state index in [2.05, 4.69) is 5.10 Å². The number of benzene rings is 1. The molecule has 1 atom stereocenters. The summed E-state index contributed by atoms with van der Waals surface area (Å²) in [6.07, 6.45) is 3.16. The first kappa shape index (κ1) is 19.1. The molecule has 0 radical (unpaired) electrons. The molecule has 1 fully saturated rings. The second-order valence-corrected chi connectivity index (χ2v) is 7.20. The quantitative estimate of drug-likeness (QED) is 0.760. The number of piperidine rings is 1. The van der Waals surface area contributed by atoms with Crippen molar-refractivity contribution in [1.82, 2.24) is 14.7 Å². The molecule has 27 heavy (non-hydrogen) atoms. The zero-order valence-corrected chi connectivity index (χ0v) is 16.3. The number of amides is 1. The van der Waals surface area contributed by atoms with E-state index in [1.807, 2.05) is 49.1 Å². The van der Waals surface area contributed by atoms with Gasteiger partial charge in [-0.2, -0.15) is 5.10 Å². The Morgan fingerprint density at radius 3 is 2.63 bits per heavy atom. The van der Waals surface area contributed by atoms with Crippen LogP contribution in [0.2, 0.25) is 0 Å². The van der Waals surface area contributed by atoms with Crippen LogP contribution in [0.25, 0.3) is 0 Å². The molecule has 2 heterocycles. The van der Waals surface area contributed by atoms with Gasteiger partial charge in [0.05, 0.1) is 17.9 Å². The van der Waals surface area contributed by atoms with Gasteiger partial charge in [0.25, 0.3) is 5.91 Å². The molecule has 144 valence electrons. The summed E-state index contributed by atoms with van der Waals surface area (Å²) in [6, 6.07) is 10.2. The summed E-state index contributed by atoms with van der Waals surface area (Å²) in [5.74, 6) is -0.607. The van der Waals surface area contributed by atoms with E-state index in [0.717, 1.165) is 37.1 Å². The van der Waals surface area contributed by atoms with Gasteiger partial charge in [-0.05, 0) is 45.6 Å². The number of nitrogens with zero attached hydrogens (tertiary/aromatic N) is 3. The van der Waals surface area contributed by atoms with E-state index >= 15 is 0 Å². The molecule has 1 aliphatic heterocycles. The molecular weight excluding hydrogens is 342 g/mol. The van der Waals surface area contributed by atoms with Gasteiger partial charge < -0.3 is 9.64 Å². The second kappa shape index (κ2) is 8.37. The van der Waals surface area contributed by atoms with Crippen molar-refractivity contribution in [3.05, 3.63) is 52.8 Å². The minimum Gasteiger partial charge on any atom is -0.452 e. The number of carbonyl (C=O) groups excluding carboxylic acids is 2. The Balaban J connectivity index is 1.65. The third-order valence-electron chi connectivity index (χ3n) is 5.21. The van der Waals surface area contributed by atoms with Crippen molar-refractivity contribution >= 4 is 11.9 Å². The molecule has 0 spiro atoms. The fourth-order valence-electron chi connectivity index (χ4n) is 3.65. The van der Waals surface area contributed by atoms with Crippen LogP contribution in [0.5, 0.6) is 0 Å². The maximum Gasteiger partial charge on any atom is 0.342 e. The SMILES string of the molecule is Cc1nn(Cc2ccccc2)c(C)c1C(=O)OCC(=O)N1CCCCC1C. The first-order valence-electron chi connectivity index (χ1n) is 9.52. The lowest BCUT2D eigenvalue weighted by molar-refractivity contribution is -0.137. The van der Waals surface area contributed by atoms with Crippen LogP contribution in [0.15, 0.2) is 30.3 Å². The van der Waals surface area contributed by atoms with Crippen molar-refractivity contribution in [2.24, 2.45) is 0 Å².